The van der Waals surface area contributed by atoms with Crippen LogP contribution in [0, 0.1) is 12.7 Å². The number of hydrogen-bond acceptors (Lipinski definition) is 4. The molecule has 0 radical (unpaired) electrons. The highest BCUT2D eigenvalue weighted by molar-refractivity contribution is 6.76. The largest absolute Gasteiger partial charge is 0.497 e. The van der Waals surface area contributed by atoms with Gasteiger partial charge in [0.05, 0.1) is 23.5 Å². The molecule has 0 aliphatic rings. The van der Waals surface area contributed by atoms with Gasteiger partial charge in [-0.2, -0.15) is 5.10 Å². The van der Waals surface area contributed by atoms with Gasteiger partial charge in [-0.15, -0.1) is 0 Å². The summed E-state index contributed by atoms with van der Waals surface area (Å²) in [7, 11) is 0.386. The molecule has 38 heavy (non-hydrogen) atoms. The molecule has 0 N–H and O–H groups in total. The number of halogens is 2. The number of aromatic nitrogens is 2. The fourth-order valence-electron chi connectivity index (χ4n) is 4.15. The predicted octanol–water partition coefficient (Wildman–Crippen LogP) is 8.22. The van der Waals surface area contributed by atoms with Crippen molar-refractivity contribution in [1.82, 2.24) is 9.78 Å². The SMILES string of the molecule is COc1ccc(-c2c(C)nn(COCC[Si](C)(C)C)c2-c2cc(Cl)c(F)cc2OCc2ccccc2)cc1. The van der Waals surface area contributed by atoms with Gasteiger partial charge < -0.3 is 14.2 Å². The summed E-state index contributed by atoms with van der Waals surface area (Å²) in [6.45, 7) is 10.1. The third-order valence-electron chi connectivity index (χ3n) is 6.23. The van der Waals surface area contributed by atoms with E-state index in [1.807, 2.05) is 66.2 Å². The molecule has 0 atom stereocenters. The molecule has 0 spiro atoms. The van der Waals surface area contributed by atoms with Crippen molar-refractivity contribution in [3.63, 3.8) is 0 Å². The number of methoxy groups -OCH3 is 1. The van der Waals surface area contributed by atoms with Crippen molar-refractivity contribution in [2.45, 2.75) is 45.9 Å². The zero-order valence-electron chi connectivity index (χ0n) is 22.6. The summed E-state index contributed by atoms with van der Waals surface area (Å²) in [5, 5.41) is 4.84. The minimum Gasteiger partial charge on any atom is -0.497 e. The average molecular weight is 553 g/mol. The highest BCUT2D eigenvalue weighted by Crippen LogP contribution is 2.42. The maximum absolute atomic E-state index is 14.7. The Kier molecular flexibility index (Phi) is 8.92. The van der Waals surface area contributed by atoms with Gasteiger partial charge in [-0.05, 0) is 42.3 Å². The second-order valence-corrected chi connectivity index (χ2v) is 16.5. The monoisotopic (exact) mass is 552 g/mol. The summed E-state index contributed by atoms with van der Waals surface area (Å²) < 4.78 is 34.1. The van der Waals surface area contributed by atoms with E-state index in [-0.39, 0.29) is 18.4 Å². The van der Waals surface area contributed by atoms with E-state index in [1.165, 1.54) is 6.07 Å². The van der Waals surface area contributed by atoms with Crippen molar-refractivity contribution < 1.29 is 18.6 Å². The second-order valence-electron chi connectivity index (χ2n) is 10.4. The number of ether oxygens (including phenoxy) is 3. The first-order valence-corrected chi connectivity index (χ1v) is 16.7. The molecule has 200 valence electrons. The van der Waals surface area contributed by atoms with E-state index in [0.29, 0.717) is 17.9 Å². The first-order valence-electron chi connectivity index (χ1n) is 12.6. The Morgan fingerprint density at radius 3 is 2.37 bits per heavy atom. The molecule has 1 heterocycles. The molecule has 0 fully saturated rings. The molecule has 0 bridgehead atoms. The van der Waals surface area contributed by atoms with E-state index in [1.54, 1.807) is 13.2 Å². The molecule has 0 saturated carbocycles. The number of rotatable bonds is 11. The Bertz CT molecular complexity index is 1370. The lowest BCUT2D eigenvalue weighted by atomic mass is 9.98. The van der Waals surface area contributed by atoms with Crippen LogP contribution < -0.4 is 9.47 Å². The summed E-state index contributed by atoms with van der Waals surface area (Å²) in [4.78, 5) is 0. The highest BCUT2D eigenvalue weighted by atomic mass is 35.5. The van der Waals surface area contributed by atoms with Crippen molar-refractivity contribution in [3.05, 3.63) is 88.8 Å². The normalized spacial score (nSPS) is 11.6. The summed E-state index contributed by atoms with van der Waals surface area (Å²) >= 11 is 6.32. The summed E-state index contributed by atoms with van der Waals surface area (Å²) in [6.07, 6.45) is 0. The summed E-state index contributed by atoms with van der Waals surface area (Å²) in [5.74, 6) is 0.596. The lowest BCUT2D eigenvalue weighted by molar-refractivity contribution is 0.0795. The van der Waals surface area contributed by atoms with Crippen molar-refractivity contribution in [2.75, 3.05) is 13.7 Å². The molecule has 1 aromatic heterocycles. The van der Waals surface area contributed by atoms with Crippen LogP contribution in [-0.2, 0) is 18.1 Å². The van der Waals surface area contributed by atoms with Gasteiger partial charge in [-0.3, -0.25) is 0 Å². The maximum atomic E-state index is 14.7. The standard InChI is InChI=1S/C30H34ClFN2O3Si/c1-21-29(23-11-13-24(35-2)14-12-23)30(34(33-21)20-36-15-16-38(3,4)5)25-17-26(31)27(32)18-28(25)37-19-22-9-7-6-8-10-22/h6-14,17-18H,15-16,19-20H2,1-5H3. The first-order chi connectivity index (χ1) is 18.2. The van der Waals surface area contributed by atoms with E-state index in [9.17, 15) is 4.39 Å². The van der Waals surface area contributed by atoms with Gasteiger partial charge in [0.15, 0.2) is 0 Å². The summed E-state index contributed by atoms with van der Waals surface area (Å²) in [6, 6.07) is 21.6. The van der Waals surface area contributed by atoms with E-state index in [2.05, 4.69) is 19.6 Å². The number of hydrogen-bond donors (Lipinski definition) is 0. The van der Waals surface area contributed by atoms with Gasteiger partial charge in [0.1, 0.15) is 30.7 Å². The van der Waals surface area contributed by atoms with Gasteiger partial charge in [0.25, 0.3) is 0 Å². The fourth-order valence-corrected chi connectivity index (χ4v) is 5.07. The summed E-state index contributed by atoms with van der Waals surface area (Å²) in [5.41, 5.74) is 5.03. The van der Waals surface area contributed by atoms with Gasteiger partial charge in [-0.1, -0.05) is 73.7 Å². The molecule has 0 amide bonds. The molecule has 0 unspecified atom stereocenters. The lowest BCUT2D eigenvalue weighted by Crippen LogP contribution is -2.22. The Balaban J connectivity index is 1.80. The van der Waals surface area contributed by atoms with E-state index in [0.717, 1.165) is 39.9 Å². The van der Waals surface area contributed by atoms with Crippen LogP contribution in [0.3, 0.4) is 0 Å². The number of benzene rings is 3. The van der Waals surface area contributed by atoms with Gasteiger partial charge >= 0.3 is 0 Å². The van der Waals surface area contributed by atoms with Crippen molar-refractivity contribution in [2.24, 2.45) is 0 Å². The molecular weight excluding hydrogens is 519 g/mol. The van der Waals surface area contributed by atoms with Crippen molar-refractivity contribution in [1.29, 1.82) is 0 Å². The maximum Gasteiger partial charge on any atom is 0.145 e. The van der Waals surface area contributed by atoms with Crippen LogP contribution in [0.15, 0.2) is 66.7 Å². The van der Waals surface area contributed by atoms with E-state index in [4.69, 9.17) is 30.9 Å². The minimum absolute atomic E-state index is 0.0118. The lowest BCUT2D eigenvalue weighted by Gasteiger charge is -2.18. The van der Waals surface area contributed by atoms with E-state index < -0.39 is 13.9 Å². The van der Waals surface area contributed by atoms with Crippen LogP contribution in [0.4, 0.5) is 4.39 Å². The molecule has 8 heteroatoms. The van der Waals surface area contributed by atoms with Crippen LogP contribution in [0.1, 0.15) is 11.3 Å². The van der Waals surface area contributed by atoms with Gasteiger partial charge in [-0.25, -0.2) is 9.07 Å². The zero-order chi connectivity index (χ0) is 27.3. The topological polar surface area (TPSA) is 45.5 Å². The fraction of sp³-hybridized carbons (Fsp3) is 0.300. The average Bonchev–Trinajstić information content (AvgIpc) is 3.22. The molecule has 0 aliphatic heterocycles. The Morgan fingerprint density at radius 2 is 1.71 bits per heavy atom. The molecule has 5 nitrogen and oxygen atoms in total. The molecule has 4 aromatic rings. The molecule has 4 rings (SSSR count). The van der Waals surface area contributed by atoms with Crippen LogP contribution in [0.5, 0.6) is 11.5 Å². The van der Waals surface area contributed by atoms with Crippen LogP contribution >= 0.6 is 11.6 Å². The second kappa shape index (κ2) is 12.2. The highest BCUT2D eigenvalue weighted by Gasteiger charge is 2.24. The van der Waals surface area contributed by atoms with Crippen LogP contribution in [0.25, 0.3) is 22.4 Å². The molecule has 3 aromatic carbocycles. The zero-order valence-corrected chi connectivity index (χ0v) is 24.3. The third kappa shape index (κ3) is 6.84. The minimum atomic E-state index is -1.25. The smallest absolute Gasteiger partial charge is 0.145 e. The number of aryl methyl sites for hydroxylation is 1. The van der Waals surface area contributed by atoms with Crippen LogP contribution in [0.2, 0.25) is 30.7 Å². The Labute approximate surface area is 230 Å². The molecular formula is C30H34ClFN2O3Si. The quantitative estimate of drug-likeness (QED) is 0.139. The van der Waals surface area contributed by atoms with Crippen molar-refractivity contribution >= 4 is 19.7 Å². The Morgan fingerprint density at radius 1 is 1.00 bits per heavy atom. The van der Waals surface area contributed by atoms with Gasteiger partial charge in [0.2, 0.25) is 0 Å². The van der Waals surface area contributed by atoms with Crippen LogP contribution in [-0.4, -0.2) is 31.6 Å². The molecule has 0 aliphatic carbocycles. The molecule has 0 saturated heterocycles. The van der Waals surface area contributed by atoms with Crippen molar-refractivity contribution in [3.8, 4) is 33.9 Å². The number of nitrogens with zero attached hydrogens (tertiary/aromatic N) is 2. The van der Waals surface area contributed by atoms with E-state index >= 15 is 0 Å². The first kappa shape index (κ1) is 27.9. The van der Waals surface area contributed by atoms with Gasteiger partial charge in [0, 0.05) is 31.9 Å². The predicted molar refractivity (Wildman–Crippen MR) is 154 cm³/mol. The third-order valence-corrected chi connectivity index (χ3v) is 8.22. The Hall–Kier alpha value is -3.13.